The molecule has 4 rings (SSSR count). The minimum atomic E-state index is -6.69. The van der Waals surface area contributed by atoms with Crippen LogP contribution in [0.25, 0.3) is 0 Å². The van der Waals surface area contributed by atoms with Gasteiger partial charge in [0.1, 0.15) is 0 Å². The second-order valence-electron chi connectivity index (χ2n) is 9.87. The number of alkyl halides is 10. The lowest BCUT2D eigenvalue weighted by molar-refractivity contribution is -0.348. The van der Waals surface area contributed by atoms with Crippen LogP contribution in [0.1, 0.15) is 44.7 Å². The summed E-state index contributed by atoms with van der Waals surface area (Å²) >= 11 is 2.01. The lowest BCUT2D eigenvalue weighted by atomic mass is 9.92. The van der Waals surface area contributed by atoms with Gasteiger partial charge in [-0.05, 0) is 89.9 Å². The van der Waals surface area contributed by atoms with Gasteiger partial charge in [0, 0.05) is 21.2 Å². The van der Waals surface area contributed by atoms with Gasteiger partial charge in [0.15, 0.2) is 5.82 Å². The third kappa shape index (κ3) is 6.63. The zero-order valence-electron chi connectivity index (χ0n) is 21.8. The fourth-order valence-electron chi connectivity index (χ4n) is 4.28. The quantitative estimate of drug-likeness (QED) is 0.194. The van der Waals surface area contributed by atoms with Crippen molar-refractivity contribution in [3.05, 3.63) is 92.3 Å². The normalized spacial score (nSPS) is 14.4. The first-order chi connectivity index (χ1) is 20.3. The van der Waals surface area contributed by atoms with Crippen molar-refractivity contribution in [1.82, 2.24) is 0 Å². The molecular formula is C28H18F11IN2O2. The van der Waals surface area contributed by atoms with Crippen LogP contribution in [0.5, 0.6) is 0 Å². The first-order valence-corrected chi connectivity index (χ1v) is 13.5. The third-order valence-electron chi connectivity index (χ3n) is 6.74. The monoisotopic (exact) mass is 750 g/mol. The predicted molar refractivity (Wildman–Crippen MR) is 144 cm³/mol. The SMILES string of the molecule is O=C(Nc1ccc(C(F)(C(F)(F)F)C(F)(F)F)cc1C(F)(F)F)c1cccc(N(CC2CC2)C(=O)c2ccc(I)cc2)c1F. The Labute approximate surface area is 255 Å². The molecule has 0 aliphatic heterocycles. The molecule has 1 aliphatic carbocycles. The first kappa shape index (κ1) is 33.5. The molecule has 0 heterocycles. The molecule has 16 heteroatoms. The fraction of sp³-hybridized carbons (Fsp3) is 0.286. The molecule has 0 atom stereocenters. The molecule has 0 radical (unpaired) electrons. The molecule has 0 unspecified atom stereocenters. The van der Waals surface area contributed by atoms with Gasteiger partial charge in [0.25, 0.3) is 11.8 Å². The van der Waals surface area contributed by atoms with Gasteiger partial charge >= 0.3 is 24.2 Å². The Morgan fingerprint density at radius 3 is 1.95 bits per heavy atom. The molecule has 44 heavy (non-hydrogen) atoms. The highest BCUT2D eigenvalue weighted by Crippen LogP contribution is 2.54. The molecule has 1 N–H and O–H groups in total. The lowest BCUT2D eigenvalue weighted by Gasteiger charge is -2.31. The van der Waals surface area contributed by atoms with E-state index in [1.165, 1.54) is 12.1 Å². The molecule has 0 saturated heterocycles. The molecule has 0 spiro atoms. The van der Waals surface area contributed by atoms with Gasteiger partial charge in [-0.2, -0.15) is 39.5 Å². The van der Waals surface area contributed by atoms with E-state index in [2.05, 4.69) is 0 Å². The largest absolute Gasteiger partial charge is 0.435 e. The summed E-state index contributed by atoms with van der Waals surface area (Å²) in [6.07, 6.45) is -17.6. The van der Waals surface area contributed by atoms with Gasteiger partial charge in [-0.25, -0.2) is 8.78 Å². The second-order valence-corrected chi connectivity index (χ2v) is 11.1. The van der Waals surface area contributed by atoms with E-state index in [1.807, 2.05) is 22.6 Å². The highest BCUT2D eigenvalue weighted by molar-refractivity contribution is 14.1. The second kappa shape index (κ2) is 11.8. The van der Waals surface area contributed by atoms with Crippen molar-refractivity contribution in [3.63, 3.8) is 0 Å². The van der Waals surface area contributed by atoms with E-state index < -0.39 is 76.0 Å². The van der Waals surface area contributed by atoms with E-state index in [1.54, 1.807) is 17.4 Å². The Kier molecular flexibility index (Phi) is 8.98. The smallest absolute Gasteiger partial charge is 0.321 e. The van der Waals surface area contributed by atoms with Crippen LogP contribution in [0.2, 0.25) is 0 Å². The summed E-state index contributed by atoms with van der Waals surface area (Å²) in [7, 11) is 0. The Morgan fingerprint density at radius 1 is 0.841 bits per heavy atom. The van der Waals surface area contributed by atoms with Gasteiger partial charge in [-0.3, -0.25) is 9.59 Å². The molecule has 3 aromatic carbocycles. The molecule has 0 aromatic heterocycles. The molecule has 1 fully saturated rings. The van der Waals surface area contributed by atoms with Gasteiger partial charge in [-0.15, -0.1) is 0 Å². The number of nitrogens with one attached hydrogen (secondary N) is 1. The maximum Gasteiger partial charge on any atom is 0.435 e. The zero-order valence-corrected chi connectivity index (χ0v) is 23.9. The Hall–Kier alpha value is -3.44. The van der Waals surface area contributed by atoms with Gasteiger partial charge < -0.3 is 10.2 Å². The van der Waals surface area contributed by atoms with Crippen LogP contribution in [0.15, 0.2) is 60.7 Å². The number of rotatable bonds is 7. The summed E-state index contributed by atoms with van der Waals surface area (Å²) in [5.41, 5.74) is -13.3. The number of hydrogen-bond donors (Lipinski definition) is 1. The number of anilines is 2. The molecule has 1 aliphatic rings. The fourth-order valence-corrected chi connectivity index (χ4v) is 4.64. The Bertz CT molecular complexity index is 1550. The predicted octanol–water partition coefficient (Wildman–Crippen LogP) is 9.05. The number of carbonyl (C=O) groups is 2. The number of carbonyl (C=O) groups excluding carboxylic acids is 2. The van der Waals surface area contributed by atoms with Gasteiger partial charge in [0.05, 0.1) is 22.5 Å². The molecule has 3 aromatic rings. The molecule has 4 nitrogen and oxygen atoms in total. The van der Waals surface area contributed by atoms with E-state index >= 15 is 4.39 Å². The van der Waals surface area contributed by atoms with E-state index in [0.717, 1.165) is 39.5 Å². The number of nitrogens with zero attached hydrogens (tertiary/aromatic N) is 1. The minimum Gasteiger partial charge on any atom is -0.321 e. The minimum absolute atomic E-state index is 0.00329. The lowest BCUT2D eigenvalue weighted by Crippen LogP contribution is -2.50. The van der Waals surface area contributed by atoms with Crippen LogP contribution in [0.3, 0.4) is 0 Å². The van der Waals surface area contributed by atoms with Crippen molar-refractivity contribution in [3.8, 4) is 0 Å². The van der Waals surface area contributed by atoms with E-state index in [0.29, 0.717) is 0 Å². The van der Waals surface area contributed by atoms with Crippen molar-refractivity contribution in [2.75, 3.05) is 16.8 Å². The van der Waals surface area contributed by atoms with Crippen molar-refractivity contribution in [2.45, 2.75) is 37.0 Å². The van der Waals surface area contributed by atoms with Crippen LogP contribution < -0.4 is 10.2 Å². The number of benzene rings is 3. The van der Waals surface area contributed by atoms with Crippen LogP contribution in [0, 0.1) is 15.3 Å². The molecule has 1 saturated carbocycles. The maximum atomic E-state index is 15.7. The zero-order chi connectivity index (χ0) is 32.8. The Balaban J connectivity index is 1.72. The summed E-state index contributed by atoms with van der Waals surface area (Å²) < 4.78 is 151. The van der Waals surface area contributed by atoms with Crippen molar-refractivity contribution in [2.24, 2.45) is 5.92 Å². The highest BCUT2D eigenvalue weighted by Gasteiger charge is 2.73. The van der Waals surface area contributed by atoms with E-state index in [9.17, 15) is 53.5 Å². The van der Waals surface area contributed by atoms with Crippen molar-refractivity contribution >= 4 is 45.8 Å². The summed E-state index contributed by atoms with van der Waals surface area (Å²) in [5.74, 6) is -3.52. The van der Waals surface area contributed by atoms with Crippen molar-refractivity contribution in [1.29, 1.82) is 0 Å². The van der Waals surface area contributed by atoms with Gasteiger partial charge in [0.2, 0.25) is 0 Å². The van der Waals surface area contributed by atoms with Crippen LogP contribution in [-0.2, 0) is 11.8 Å². The summed E-state index contributed by atoms with van der Waals surface area (Å²) in [6, 6.07) is 8.44. The first-order valence-electron chi connectivity index (χ1n) is 12.5. The average molecular weight is 750 g/mol. The third-order valence-corrected chi connectivity index (χ3v) is 7.46. The van der Waals surface area contributed by atoms with Gasteiger partial charge in [-0.1, -0.05) is 12.1 Å². The molecule has 236 valence electrons. The summed E-state index contributed by atoms with van der Waals surface area (Å²) in [6.45, 7) is 0.0515. The van der Waals surface area contributed by atoms with E-state index in [4.69, 9.17) is 0 Å². The van der Waals surface area contributed by atoms with Crippen LogP contribution >= 0.6 is 22.6 Å². The summed E-state index contributed by atoms with van der Waals surface area (Å²) in [4.78, 5) is 27.3. The Morgan fingerprint density at radius 2 is 1.43 bits per heavy atom. The number of amides is 2. The summed E-state index contributed by atoms with van der Waals surface area (Å²) in [5, 5.41) is 1.63. The topological polar surface area (TPSA) is 49.4 Å². The molecular weight excluding hydrogens is 732 g/mol. The highest BCUT2D eigenvalue weighted by atomic mass is 127. The number of halogens is 12. The maximum absolute atomic E-state index is 15.7. The van der Waals surface area contributed by atoms with E-state index in [-0.39, 0.29) is 30.2 Å². The standard InChI is InChI=1S/C28H18F11IN2O2/c29-22-18(2-1-3-21(22)42(13-14-4-5-14)24(44)15-6-9-17(40)10-7-15)23(43)41-20-11-8-16(12-19(20)26(31,32)33)25(30,27(34,35)36)28(37,38)39/h1-3,6-12,14H,4-5,13H2,(H,41,43). The van der Waals surface area contributed by atoms with Crippen molar-refractivity contribution < 1.29 is 57.9 Å². The molecule has 2 amide bonds. The number of hydrogen-bond acceptors (Lipinski definition) is 2. The van der Waals surface area contributed by atoms with Crippen LogP contribution in [-0.4, -0.2) is 30.7 Å². The molecule has 0 bridgehead atoms. The van der Waals surface area contributed by atoms with Crippen LogP contribution in [0.4, 0.5) is 59.7 Å². The average Bonchev–Trinajstić information content (AvgIpc) is 3.74.